The molecule has 0 aliphatic heterocycles. The monoisotopic (exact) mass is 330 g/mol. The van der Waals surface area contributed by atoms with Gasteiger partial charge in [-0.25, -0.2) is 0 Å². The largest absolute Gasteiger partial charge is 0.149 e. The van der Waals surface area contributed by atoms with Crippen molar-refractivity contribution < 1.29 is 0 Å². The van der Waals surface area contributed by atoms with Gasteiger partial charge in [0.15, 0.2) is 0 Å². The minimum Gasteiger partial charge on any atom is -0.149 e. The van der Waals surface area contributed by atoms with Gasteiger partial charge in [0.05, 0.1) is 0 Å². The maximum absolute atomic E-state index is 2.19. The van der Waals surface area contributed by atoms with Gasteiger partial charge in [0.2, 0.25) is 0 Å². The molecule has 0 amide bonds. The molecule has 0 fully saturated rings. The molecule has 22 heavy (non-hydrogen) atoms. The van der Waals surface area contributed by atoms with Crippen molar-refractivity contribution in [3.63, 3.8) is 0 Å². The van der Waals surface area contributed by atoms with Crippen molar-refractivity contribution in [1.29, 1.82) is 0 Å². The zero-order valence-corrected chi connectivity index (χ0v) is 16.1. The van der Waals surface area contributed by atoms with Crippen molar-refractivity contribution in [2.45, 2.75) is 41.5 Å². The summed E-state index contributed by atoms with van der Waals surface area (Å²) in [4.78, 5) is 2.80. The Morgan fingerprint density at radius 1 is 0.545 bits per heavy atom. The fourth-order valence-corrected chi connectivity index (χ4v) is 3.34. The number of rotatable bonds is 0. The van der Waals surface area contributed by atoms with E-state index >= 15 is 0 Å². The molecule has 3 rings (SSSR count). The van der Waals surface area contributed by atoms with E-state index in [1.165, 1.54) is 32.0 Å². The van der Waals surface area contributed by atoms with Gasteiger partial charge in [0.25, 0.3) is 0 Å². The van der Waals surface area contributed by atoms with E-state index in [0.29, 0.717) is 0 Å². The number of thiophene rings is 2. The first kappa shape index (κ1) is 18.7. The minimum absolute atomic E-state index is 1.34. The molecule has 0 nitrogen and oxygen atoms in total. The molecule has 0 spiro atoms. The predicted octanol–water partition coefficient (Wildman–Crippen LogP) is 7.03. The second-order valence-corrected chi connectivity index (χ2v) is 7.86. The van der Waals surface area contributed by atoms with Crippen LogP contribution >= 0.6 is 22.7 Å². The van der Waals surface area contributed by atoms with Crippen LogP contribution in [0.1, 0.15) is 32.0 Å². The fraction of sp³-hybridized carbons (Fsp3) is 0.300. The summed E-state index contributed by atoms with van der Waals surface area (Å²) in [5, 5.41) is 4.32. The average molecular weight is 331 g/mol. The predicted molar refractivity (Wildman–Crippen MR) is 104 cm³/mol. The summed E-state index contributed by atoms with van der Waals surface area (Å²) in [7, 11) is 0. The molecule has 2 heteroatoms. The van der Waals surface area contributed by atoms with Gasteiger partial charge in [-0.3, -0.25) is 0 Å². The highest BCUT2D eigenvalue weighted by Crippen LogP contribution is 2.11. The maximum Gasteiger partial charge on any atom is 0.00169 e. The summed E-state index contributed by atoms with van der Waals surface area (Å²) >= 11 is 3.61. The molecule has 0 unspecified atom stereocenters. The second-order valence-electron chi connectivity index (χ2n) is 5.63. The van der Waals surface area contributed by atoms with E-state index in [4.69, 9.17) is 0 Å². The van der Waals surface area contributed by atoms with Crippen LogP contribution in [0.3, 0.4) is 0 Å². The molecule has 0 aliphatic carbocycles. The molecular formula is C20H26S2. The van der Waals surface area contributed by atoms with Crippen molar-refractivity contribution >= 4 is 22.7 Å². The SMILES string of the molecule is Cc1cccc(C)c1.Cc1csc(C)c1.Cc1csc(C)c1. The summed E-state index contributed by atoms with van der Waals surface area (Å²) in [5.74, 6) is 0. The van der Waals surface area contributed by atoms with Crippen molar-refractivity contribution in [2.75, 3.05) is 0 Å². The maximum atomic E-state index is 2.19. The summed E-state index contributed by atoms with van der Waals surface area (Å²) in [6.07, 6.45) is 0. The van der Waals surface area contributed by atoms with Crippen LogP contribution in [0, 0.1) is 41.5 Å². The highest BCUT2D eigenvalue weighted by molar-refractivity contribution is 7.10. The molecule has 0 aliphatic rings. The molecule has 118 valence electrons. The third kappa shape index (κ3) is 8.16. The highest BCUT2D eigenvalue weighted by Gasteiger charge is 1.85. The van der Waals surface area contributed by atoms with E-state index in [1.807, 2.05) is 0 Å². The Morgan fingerprint density at radius 2 is 0.955 bits per heavy atom. The van der Waals surface area contributed by atoms with Crippen LogP contribution in [0.5, 0.6) is 0 Å². The van der Waals surface area contributed by atoms with Crippen LogP contribution in [-0.4, -0.2) is 0 Å². The van der Waals surface area contributed by atoms with Crippen molar-refractivity contribution in [1.82, 2.24) is 0 Å². The van der Waals surface area contributed by atoms with Gasteiger partial charge in [0.1, 0.15) is 0 Å². The van der Waals surface area contributed by atoms with Crippen molar-refractivity contribution in [2.24, 2.45) is 0 Å². The zero-order chi connectivity index (χ0) is 16.5. The molecule has 0 saturated heterocycles. The van der Waals surface area contributed by atoms with Gasteiger partial charge in [-0.1, -0.05) is 35.4 Å². The van der Waals surface area contributed by atoms with Crippen LogP contribution in [-0.2, 0) is 0 Å². The fourth-order valence-electron chi connectivity index (χ4n) is 1.96. The van der Waals surface area contributed by atoms with E-state index < -0.39 is 0 Å². The van der Waals surface area contributed by atoms with Crippen LogP contribution in [0.4, 0.5) is 0 Å². The Labute approximate surface area is 143 Å². The molecule has 0 saturated carbocycles. The lowest BCUT2D eigenvalue weighted by molar-refractivity contribution is 1.39. The Bertz CT molecular complexity index is 586. The smallest absolute Gasteiger partial charge is 0.00169 e. The lowest BCUT2D eigenvalue weighted by atomic mass is 10.2. The number of benzene rings is 1. The highest BCUT2D eigenvalue weighted by atomic mass is 32.1. The first-order chi connectivity index (χ1) is 10.4. The molecule has 3 aromatic rings. The van der Waals surface area contributed by atoms with E-state index in [-0.39, 0.29) is 0 Å². The topological polar surface area (TPSA) is 0 Å². The first-order valence-electron chi connectivity index (χ1n) is 7.43. The molecule has 2 heterocycles. The third-order valence-corrected chi connectivity index (χ3v) is 4.86. The van der Waals surface area contributed by atoms with Crippen LogP contribution in [0.2, 0.25) is 0 Å². The number of aryl methyl sites for hydroxylation is 6. The molecular weight excluding hydrogens is 304 g/mol. The molecule has 0 radical (unpaired) electrons. The first-order valence-corrected chi connectivity index (χ1v) is 9.19. The molecule has 0 N–H and O–H groups in total. The Hall–Kier alpha value is -1.38. The van der Waals surface area contributed by atoms with E-state index in [0.717, 1.165) is 0 Å². The lowest BCUT2D eigenvalue weighted by Crippen LogP contribution is -1.71. The molecule has 1 aromatic carbocycles. The summed E-state index contributed by atoms with van der Waals surface area (Å²) in [6, 6.07) is 12.8. The van der Waals surface area contributed by atoms with Crippen LogP contribution in [0.15, 0.2) is 47.2 Å². The number of hydrogen-bond acceptors (Lipinski definition) is 2. The Morgan fingerprint density at radius 3 is 1.09 bits per heavy atom. The van der Waals surface area contributed by atoms with Crippen molar-refractivity contribution in [3.05, 3.63) is 79.2 Å². The minimum atomic E-state index is 1.34. The summed E-state index contributed by atoms with van der Waals surface area (Å²) in [5.41, 5.74) is 5.43. The summed E-state index contributed by atoms with van der Waals surface area (Å²) in [6.45, 7) is 12.7. The van der Waals surface area contributed by atoms with Gasteiger partial charge in [-0.05, 0) is 75.6 Å². The zero-order valence-electron chi connectivity index (χ0n) is 14.4. The lowest BCUT2D eigenvalue weighted by Gasteiger charge is -1.90. The van der Waals surface area contributed by atoms with E-state index in [2.05, 4.69) is 88.7 Å². The van der Waals surface area contributed by atoms with Crippen LogP contribution in [0.25, 0.3) is 0 Å². The second kappa shape index (κ2) is 9.60. The van der Waals surface area contributed by atoms with E-state index in [9.17, 15) is 0 Å². The van der Waals surface area contributed by atoms with Gasteiger partial charge in [0, 0.05) is 9.75 Å². The van der Waals surface area contributed by atoms with Crippen molar-refractivity contribution in [3.8, 4) is 0 Å². The third-order valence-electron chi connectivity index (χ3n) is 2.90. The average Bonchev–Trinajstić information content (AvgIpc) is 2.99. The summed E-state index contributed by atoms with van der Waals surface area (Å²) < 4.78 is 0. The Balaban J connectivity index is 0.000000166. The number of hydrogen-bond donors (Lipinski definition) is 0. The Kier molecular flexibility index (Phi) is 8.15. The van der Waals surface area contributed by atoms with Gasteiger partial charge in [-0.2, -0.15) is 0 Å². The quantitative estimate of drug-likeness (QED) is 0.415. The van der Waals surface area contributed by atoms with E-state index in [1.54, 1.807) is 22.7 Å². The van der Waals surface area contributed by atoms with Gasteiger partial charge < -0.3 is 0 Å². The van der Waals surface area contributed by atoms with Gasteiger partial charge >= 0.3 is 0 Å². The molecule has 0 bridgehead atoms. The normalized spacial score (nSPS) is 9.36. The standard InChI is InChI=1S/C8H10.2C6H8S/c1-7-4-3-5-8(2)6-7;2*1-5-3-6(2)7-4-5/h3-6H,1-2H3;2*3-4H,1-2H3. The van der Waals surface area contributed by atoms with Crippen LogP contribution < -0.4 is 0 Å². The molecule has 0 atom stereocenters. The molecule has 2 aromatic heterocycles. The van der Waals surface area contributed by atoms with Gasteiger partial charge in [-0.15, -0.1) is 22.7 Å².